The monoisotopic (exact) mass is 247 g/mol. The average Bonchev–Trinajstić information content (AvgIpc) is 2.91. The van der Waals surface area contributed by atoms with Crippen LogP contribution in [-0.2, 0) is 0 Å². The maximum atomic E-state index is 5.32. The van der Waals surface area contributed by atoms with Crippen LogP contribution in [0.1, 0.15) is 38.7 Å². The molecule has 1 aromatic rings. The molecule has 2 unspecified atom stereocenters. The Bertz CT molecular complexity index is 400. The zero-order valence-electron chi connectivity index (χ0n) is 12.0. The van der Waals surface area contributed by atoms with E-state index in [1.807, 2.05) is 6.07 Å². The van der Waals surface area contributed by atoms with Crippen molar-refractivity contribution in [2.75, 3.05) is 20.2 Å². The predicted molar refractivity (Wildman–Crippen MR) is 76.2 cm³/mol. The number of methoxy groups -OCH3 is 1. The smallest absolute Gasteiger partial charge is 0.119 e. The first-order valence-corrected chi connectivity index (χ1v) is 6.96. The fraction of sp³-hybridized carbons (Fsp3) is 0.625. The van der Waals surface area contributed by atoms with E-state index in [-0.39, 0.29) is 0 Å². The standard InChI is InChI=1S/C16H25NO/c1-5-9-17-11-14-15(16(14,2)3)12-7-6-8-13(10-12)18-4/h6-8,10,14-15,17H,5,9,11H2,1-4H3. The molecule has 1 aliphatic rings. The van der Waals surface area contributed by atoms with E-state index in [0.717, 1.165) is 24.8 Å². The molecular weight excluding hydrogens is 222 g/mol. The van der Waals surface area contributed by atoms with E-state index in [1.165, 1.54) is 12.0 Å². The van der Waals surface area contributed by atoms with Gasteiger partial charge >= 0.3 is 0 Å². The SMILES string of the molecule is CCCNCC1C(c2cccc(OC)c2)C1(C)C. The highest BCUT2D eigenvalue weighted by Crippen LogP contribution is 2.64. The van der Waals surface area contributed by atoms with E-state index >= 15 is 0 Å². The molecule has 1 saturated carbocycles. The van der Waals surface area contributed by atoms with Crippen LogP contribution in [0.4, 0.5) is 0 Å². The van der Waals surface area contributed by atoms with Gasteiger partial charge < -0.3 is 10.1 Å². The van der Waals surface area contributed by atoms with Crippen molar-refractivity contribution in [1.29, 1.82) is 0 Å². The number of ether oxygens (including phenoxy) is 1. The Morgan fingerprint density at radius 3 is 2.78 bits per heavy atom. The van der Waals surface area contributed by atoms with Crippen LogP contribution in [-0.4, -0.2) is 20.2 Å². The van der Waals surface area contributed by atoms with Crippen LogP contribution in [0.2, 0.25) is 0 Å². The third kappa shape index (κ3) is 2.54. The first-order valence-electron chi connectivity index (χ1n) is 6.96. The fourth-order valence-corrected chi connectivity index (χ4v) is 3.06. The van der Waals surface area contributed by atoms with Gasteiger partial charge in [-0.05, 0) is 54.5 Å². The highest BCUT2D eigenvalue weighted by Gasteiger charge is 2.57. The maximum absolute atomic E-state index is 5.32. The molecule has 2 nitrogen and oxygen atoms in total. The van der Waals surface area contributed by atoms with Crippen LogP contribution in [0.25, 0.3) is 0 Å². The van der Waals surface area contributed by atoms with Crippen LogP contribution in [0.5, 0.6) is 5.75 Å². The molecule has 0 amide bonds. The Labute approximate surface area is 111 Å². The topological polar surface area (TPSA) is 21.3 Å². The normalized spacial score (nSPS) is 24.9. The first-order chi connectivity index (χ1) is 8.61. The zero-order chi connectivity index (χ0) is 13.2. The lowest BCUT2D eigenvalue weighted by atomic mass is 10.0. The summed E-state index contributed by atoms with van der Waals surface area (Å²) in [5.41, 5.74) is 1.83. The Hall–Kier alpha value is -1.02. The highest BCUT2D eigenvalue weighted by atomic mass is 16.5. The lowest BCUT2D eigenvalue weighted by molar-refractivity contribution is 0.414. The zero-order valence-corrected chi connectivity index (χ0v) is 12.0. The summed E-state index contributed by atoms with van der Waals surface area (Å²) in [5, 5.41) is 3.55. The molecule has 0 bridgehead atoms. The molecular formula is C16H25NO. The summed E-state index contributed by atoms with van der Waals surface area (Å²) in [4.78, 5) is 0. The number of nitrogens with one attached hydrogen (secondary N) is 1. The third-order valence-corrected chi connectivity index (χ3v) is 4.29. The van der Waals surface area contributed by atoms with Crippen molar-refractivity contribution in [3.8, 4) is 5.75 Å². The van der Waals surface area contributed by atoms with Gasteiger partial charge in [0, 0.05) is 0 Å². The molecule has 100 valence electrons. The van der Waals surface area contributed by atoms with Crippen LogP contribution in [0.3, 0.4) is 0 Å². The van der Waals surface area contributed by atoms with Gasteiger partial charge in [-0.15, -0.1) is 0 Å². The van der Waals surface area contributed by atoms with Gasteiger partial charge in [-0.1, -0.05) is 32.9 Å². The van der Waals surface area contributed by atoms with Crippen molar-refractivity contribution in [2.24, 2.45) is 11.3 Å². The Morgan fingerprint density at radius 1 is 1.33 bits per heavy atom. The lowest BCUT2D eigenvalue weighted by Crippen LogP contribution is -2.19. The van der Waals surface area contributed by atoms with E-state index in [4.69, 9.17) is 4.74 Å². The van der Waals surface area contributed by atoms with Crippen molar-refractivity contribution in [3.63, 3.8) is 0 Å². The first kappa shape index (κ1) is 13.4. The number of hydrogen-bond donors (Lipinski definition) is 1. The molecule has 0 aliphatic heterocycles. The molecule has 0 saturated heterocycles. The lowest BCUT2D eigenvalue weighted by Gasteiger charge is -2.05. The second kappa shape index (κ2) is 5.31. The molecule has 1 aliphatic carbocycles. The minimum atomic E-state index is 0.410. The van der Waals surface area contributed by atoms with Gasteiger partial charge in [-0.2, -0.15) is 0 Å². The minimum Gasteiger partial charge on any atom is -0.497 e. The summed E-state index contributed by atoms with van der Waals surface area (Å²) in [7, 11) is 1.73. The van der Waals surface area contributed by atoms with Gasteiger partial charge in [0.05, 0.1) is 7.11 Å². The molecule has 1 aromatic carbocycles. The Morgan fingerprint density at radius 2 is 2.11 bits per heavy atom. The molecule has 0 aromatic heterocycles. The molecule has 0 radical (unpaired) electrons. The average molecular weight is 247 g/mol. The van der Waals surface area contributed by atoms with E-state index in [2.05, 4.69) is 44.3 Å². The minimum absolute atomic E-state index is 0.410. The van der Waals surface area contributed by atoms with Gasteiger partial charge in [0.1, 0.15) is 5.75 Å². The fourth-order valence-electron chi connectivity index (χ4n) is 3.06. The molecule has 0 spiro atoms. The van der Waals surface area contributed by atoms with Crippen molar-refractivity contribution in [2.45, 2.75) is 33.1 Å². The van der Waals surface area contributed by atoms with Crippen LogP contribution >= 0.6 is 0 Å². The van der Waals surface area contributed by atoms with Crippen LogP contribution in [0, 0.1) is 11.3 Å². The van der Waals surface area contributed by atoms with E-state index in [1.54, 1.807) is 7.11 Å². The molecule has 1 N–H and O–H groups in total. The predicted octanol–water partition coefficient (Wildman–Crippen LogP) is 3.43. The van der Waals surface area contributed by atoms with Crippen molar-refractivity contribution < 1.29 is 4.74 Å². The quantitative estimate of drug-likeness (QED) is 0.778. The maximum Gasteiger partial charge on any atom is 0.119 e. The van der Waals surface area contributed by atoms with Crippen LogP contribution in [0.15, 0.2) is 24.3 Å². The van der Waals surface area contributed by atoms with Gasteiger partial charge in [0.15, 0.2) is 0 Å². The van der Waals surface area contributed by atoms with Crippen LogP contribution < -0.4 is 10.1 Å². The van der Waals surface area contributed by atoms with Crippen molar-refractivity contribution in [3.05, 3.63) is 29.8 Å². The summed E-state index contributed by atoms with van der Waals surface area (Å²) in [6.07, 6.45) is 1.21. The molecule has 2 rings (SSSR count). The van der Waals surface area contributed by atoms with Gasteiger partial charge in [0.2, 0.25) is 0 Å². The third-order valence-electron chi connectivity index (χ3n) is 4.29. The molecule has 2 atom stereocenters. The number of rotatable bonds is 6. The van der Waals surface area contributed by atoms with Crippen molar-refractivity contribution in [1.82, 2.24) is 5.32 Å². The summed E-state index contributed by atoms with van der Waals surface area (Å²) < 4.78 is 5.32. The van der Waals surface area contributed by atoms with Crippen molar-refractivity contribution >= 4 is 0 Å². The Kier molecular flexibility index (Phi) is 3.96. The highest BCUT2D eigenvalue weighted by molar-refractivity contribution is 5.37. The molecule has 0 heterocycles. The second-order valence-corrected chi connectivity index (χ2v) is 5.89. The van der Waals surface area contributed by atoms with Gasteiger partial charge in [0.25, 0.3) is 0 Å². The molecule has 2 heteroatoms. The second-order valence-electron chi connectivity index (χ2n) is 5.89. The van der Waals surface area contributed by atoms with Gasteiger partial charge in [-0.3, -0.25) is 0 Å². The summed E-state index contributed by atoms with van der Waals surface area (Å²) >= 11 is 0. The number of hydrogen-bond acceptors (Lipinski definition) is 2. The Balaban J connectivity index is 2.04. The number of benzene rings is 1. The summed E-state index contributed by atoms with van der Waals surface area (Å²) in [5.74, 6) is 2.38. The summed E-state index contributed by atoms with van der Waals surface area (Å²) in [6.45, 7) is 9.20. The molecule has 18 heavy (non-hydrogen) atoms. The van der Waals surface area contributed by atoms with E-state index in [9.17, 15) is 0 Å². The summed E-state index contributed by atoms with van der Waals surface area (Å²) in [6, 6.07) is 8.53. The van der Waals surface area contributed by atoms with Gasteiger partial charge in [-0.25, -0.2) is 0 Å². The largest absolute Gasteiger partial charge is 0.497 e. The van der Waals surface area contributed by atoms with E-state index in [0.29, 0.717) is 11.3 Å². The molecule has 1 fully saturated rings. The van der Waals surface area contributed by atoms with E-state index < -0.39 is 0 Å².